The normalized spacial score (nSPS) is 23.7. The Morgan fingerprint density at radius 3 is 2.69 bits per heavy atom. The van der Waals surface area contributed by atoms with Gasteiger partial charge < -0.3 is 10.1 Å². The van der Waals surface area contributed by atoms with Gasteiger partial charge in [-0.2, -0.15) is 5.10 Å². The Hall–Kier alpha value is -3.40. The maximum absolute atomic E-state index is 15.9. The van der Waals surface area contributed by atoms with E-state index in [1.54, 1.807) is 30.3 Å². The fraction of sp³-hybridized carbons (Fsp3) is 0.417. The first-order valence-corrected chi connectivity index (χ1v) is 12.0. The van der Waals surface area contributed by atoms with Crippen LogP contribution in [0.15, 0.2) is 24.8 Å². The minimum atomic E-state index is -0.798. The van der Waals surface area contributed by atoms with Gasteiger partial charge in [0.05, 0.1) is 29.6 Å². The number of fused-ring (bicyclic) bond motifs is 4. The highest BCUT2D eigenvalue weighted by molar-refractivity contribution is 6.29. The van der Waals surface area contributed by atoms with Crippen LogP contribution in [0.2, 0.25) is 5.15 Å². The molecule has 11 heteroatoms. The molecule has 4 aromatic rings. The van der Waals surface area contributed by atoms with Crippen LogP contribution in [0.5, 0.6) is 0 Å². The van der Waals surface area contributed by atoms with Crippen molar-refractivity contribution >= 4 is 28.7 Å². The van der Waals surface area contributed by atoms with Gasteiger partial charge in [-0.1, -0.05) is 11.6 Å². The molecule has 35 heavy (non-hydrogen) atoms. The summed E-state index contributed by atoms with van der Waals surface area (Å²) in [6.45, 7) is 0. The van der Waals surface area contributed by atoms with Crippen LogP contribution in [-0.2, 0) is 18.3 Å². The van der Waals surface area contributed by atoms with Crippen LogP contribution in [0.4, 0.5) is 4.39 Å². The number of rotatable bonds is 5. The van der Waals surface area contributed by atoms with Gasteiger partial charge in [0.15, 0.2) is 17.3 Å². The summed E-state index contributed by atoms with van der Waals surface area (Å²) in [5.41, 5.74) is 2.38. The lowest BCUT2D eigenvalue weighted by atomic mass is 9.57. The van der Waals surface area contributed by atoms with Gasteiger partial charge in [0.2, 0.25) is 0 Å². The molecule has 4 heterocycles. The van der Waals surface area contributed by atoms with Crippen LogP contribution < -0.4 is 0 Å². The van der Waals surface area contributed by atoms with Crippen molar-refractivity contribution in [2.45, 2.75) is 32.1 Å². The summed E-state index contributed by atoms with van der Waals surface area (Å²) in [6, 6.07) is 0. The lowest BCUT2D eigenvalue weighted by Gasteiger charge is -2.46. The molecule has 3 saturated carbocycles. The predicted octanol–water partition coefficient (Wildman–Crippen LogP) is 4.29. The Balaban J connectivity index is 1.50. The Kier molecular flexibility index (Phi) is 5.28. The van der Waals surface area contributed by atoms with Crippen molar-refractivity contribution in [3.05, 3.63) is 41.5 Å². The molecular weight excluding hydrogens is 473 g/mol. The summed E-state index contributed by atoms with van der Waals surface area (Å²) < 4.78 is 17.5. The average molecular weight is 496 g/mol. The maximum atomic E-state index is 15.9. The third-order valence-electron chi connectivity index (χ3n) is 7.60. The molecule has 7 rings (SSSR count). The lowest BCUT2D eigenvalue weighted by molar-refractivity contribution is -0.152. The van der Waals surface area contributed by atoms with Crippen LogP contribution in [0.25, 0.3) is 33.8 Å². The molecule has 4 aromatic heterocycles. The number of aryl methyl sites for hydroxylation is 1. The van der Waals surface area contributed by atoms with Gasteiger partial charge in [-0.3, -0.25) is 9.48 Å². The van der Waals surface area contributed by atoms with E-state index in [4.69, 9.17) is 11.6 Å². The number of hydrogen-bond donors (Lipinski definition) is 2. The summed E-state index contributed by atoms with van der Waals surface area (Å²) in [7, 11) is 1.75. The molecule has 9 nitrogen and oxygen atoms in total. The molecule has 2 N–H and O–H groups in total. The second-order valence-corrected chi connectivity index (χ2v) is 9.95. The first-order chi connectivity index (χ1) is 16.9. The monoisotopic (exact) mass is 495 g/mol. The van der Waals surface area contributed by atoms with Crippen LogP contribution >= 0.6 is 11.6 Å². The first-order valence-electron chi connectivity index (χ1n) is 11.7. The zero-order valence-corrected chi connectivity index (χ0v) is 19.7. The largest absolute Gasteiger partial charge is 0.481 e. The third kappa shape index (κ3) is 3.76. The van der Waals surface area contributed by atoms with Crippen molar-refractivity contribution in [2.24, 2.45) is 30.7 Å². The van der Waals surface area contributed by atoms with E-state index in [1.807, 2.05) is 0 Å². The number of carboxylic acid groups (broad SMARTS) is 1. The van der Waals surface area contributed by atoms with E-state index in [0.29, 0.717) is 22.3 Å². The van der Waals surface area contributed by atoms with E-state index in [0.717, 1.165) is 25.7 Å². The molecular formula is C24H23ClFN7O2. The second kappa shape index (κ2) is 8.37. The van der Waals surface area contributed by atoms with Gasteiger partial charge in [-0.25, -0.2) is 24.3 Å². The number of nitrogens with one attached hydrogen (secondary N) is 1. The zero-order chi connectivity index (χ0) is 24.3. The van der Waals surface area contributed by atoms with Gasteiger partial charge in [0, 0.05) is 25.0 Å². The number of carbonyl (C=O) groups is 1. The number of aromatic nitrogens is 7. The fourth-order valence-electron chi connectivity index (χ4n) is 6.00. The standard InChI is InChI=1S/C24H23ClFN7O2/c1-33-10-13(7-29-33)20-19(26)16(6-14-11-2-4-12(5-3-11)18(14)24(34)35)30-22(32-20)15-8-27-23-21(15)31-17(25)9-28-23/h7-12,14,18H,2-6H2,1H3,(H,27,28)(H,34,35). The van der Waals surface area contributed by atoms with Crippen molar-refractivity contribution in [3.8, 4) is 22.6 Å². The smallest absolute Gasteiger partial charge is 0.307 e. The number of aliphatic carboxylic acids is 1. The van der Waals surface area contributed by atoms with Gasteiger partial charge in [-0.15, -0.1) is 0 Å². The number of nitrogens with zero attached hydrogens (tertiary/aromatic N) is 6. The van der Waals surface area contributed by atoms with E-state index in [-0.39, 0.29) is 46.5 Å². The van der Waals surface area contributed by atoms with Crippen LogP contribution in [0.3, 0.4) is 0 Å². The van der Waals surface area contributed by atoms with Crippen molar-refractivity contribution < 1.29 is 14.3 Å². The summed E-state index contributed by atoms with van der Waals surface area (Å²) in [5.74, 6) is -1.34. The lowest BCUT2D eigenvalue weighted by Crippen LogP contribution is -2.45. The molecule has 2 unspecified atom stereocenters. The molecule has 3 fully saturated rings. The van der Waals surface area contributed by atoms with Crippen molar-refractivity contribution in [3.63, 3.8) is 0 Å². The Morgan fingerprint density at radius 2 is 1.97 bits per heavy atom. The fourth-order valence-corrected chi connectivity index (χ4v) is 6.13. The molecule has 0 amide bonds. The maximum Gasteiger partial charge on any atom is 0.307 e. The summed E-state index contributed by atoms with van der Waals surface area (Å²) in [6.07, 6.45) is 10.4. The van der Waals surface area contributed by atoms with E-state index >= 15 is 4.39 Å². The van der Waals surface area contributed by atoms with Gasteiger partial charge >= 0.3 is 5.97 Å². The van der Waals surface area contributed by atoms with Crippen molar-refractivity contribution in [1.29, 1.82) is 0 Å². The van der Waals surface area contributed by atoms with E-state index in [9.17, 15) is 9.90 Å². The predicted molar refractivity (Wildman–Crippen MR) is 126 cm³/mol. The molecule has 2 bridgehead atoms. The number of H-pyrrole nitrogens is 1. The van der Waals surface area contributed by atoms with Crippen LogP contribution in [0.1, 0.15) is 31.4 Å². The SMILES string of the molecule is Cn1cc(-c2nc(-c3c[nH]c4ncc(Cl)nc34)nc(CC3C4CCC(CC4)C3C(=O)O)c2F)cn1. The quantitative estimate of drug-likeness (QED) is 0.423. The minimum Gasteiger partial charge on any atom is -0.481 e. The molecule has 2 atom stereocenters. The van der Waals surface area contributed by atoms with E-state index < -0.39 is 17.7 Å². The highest BCUT2D eigenvalue weighted by atomic mass is 35.5. The second-order valence-electron chi connectivity index (χ2n) is 9.56. The summed E-state index contributed by atoms with van der Waals surface area (Å²) in [4.78, 5) is 33.0. The highest BCUT2D eigenvalue weighted by Crippen LogP contribution is 2.50. The van der Waals surface area contributed by atoms with Gasteiger partial charge in [0.1, 0.15) is 16.4 Å². The third-order valence-corrected chi connectivity index (χ3v) is 7.78. The molecule has 0 aromatic carbocycles. The first kappa shape index (κ1) is 22.1. The molecule has 180 valence electrons. The number of carboxylic acids is 1. The van der Waals surface area contributed by atoms with Crippen molar-refractivity contribution in [1.82, 2.24) is 34.7 Å². The topological polar surface area (TPSA) is 122 Å². The van der Waals surface area contributed by atoms with Gasteiger partial charge in [0.25, 0.3) is 0 Å². The molecule has 3 aliphatic carbocycles. The number of hydrogen-bond acceptors (Lipinski definition) is 6. The minimum absolute atomic E-state index is 0.121. The number of halogens is 2. The van der Waals surface area contributed by atoms with Crippen molar-refractivity contribution in [2.75, 3.05) is 0 Å². The molecule has 0 saturated heterocycles. The Bertz CT molecular complexity index is 1440. The molecule has 3 aliphatic rings. The molecule has 0 spiro atoms. The van der Waals surface area contributed by atoms with Gasteiger partial charge in [-0.05, 0) is 49.9 Å². The Labute approximate surface area is 204 Å². The summed E-state index contributed by atoms with van der Waals surface area (Å²) in [5, 5.41) is 14.4. The van der Waals surface area contributed by atoms with E-state index in [1.165, 1.54) is 6.20 Å². The summed E-state index contributed by atoms with van der Waals surface area (Å²) >= 11 is 6.08. The molecule has 0 aliphatic heterocycles. The Morgan fingerprint density at radius 1 is 1.20 bits per heavy atom. The average Bonchev–Trinajstić information content (AvgIpc) is 3.46. The molecule has 0 radical (unpaired) electrons. The highest BCUT2D eigenvalue weighted by Gasteiger charge is 2.47. The van der Waals surface area contributed by atoms with Crippen LogP contribution in [0, 0.1) is 29.5 Å². The number of aromatic amines is 1. The van der Waals surface area contributed by atoms with Crippen LogP contribution in [-0.4, -0.2) is 45.8 Å². The van der Waals surface area contributed by atoms with E-state index in [2.05, 4.69) is 30.0 Å². The zero-order valence-electron chi connectivity index (χ0n) is 18.9.